The minimum atomic E-state index is -0.876. The molecule has 0 heterocycles. The molecule has 18 heavy (non-hydrogen) atoms. The molecule has 2 unspecified atom stereocenters. The first-order chi connectivity index (χ1) is 8.43. The number of nitrogens with zero attached hydrogens (tertiary/aromatic N) is 2. The molecular weight excluding hydrogens is 232 g/mol. The van der Waals surface area contributed by atoms with Crippen LogP contribution < -0.4 is 0 Å². The largest absolute Gasteiger partial charge is 0.481 e. The van der Waals surface area contributed by atoms with E-state index in [1.807, 2.05) is 31.1 Å². The summed E-state index contributed by atoms with van der Waals surface area (Å²) in [5.74, 6) is -1.93. The van der Waals surface area contributed by atoms with Gasteiger partial charge in [0.05, 0.1) is 11.8 Å². The van der Waals surface area contributed by atoms with Crippen LogP contribution in [-0.2, 0) is 9.59 Å². The van der Waals surface area contributed by atoms with E-state index in [1.165, 1.54) is 0 Å². The summed E-state index contributed by atoms with van der Waals surface area (Å²) in [5, 5.41) is 9.14. The molecule has 0 saturated heterocycles. The number of carbonyl (C=O) groups is 2. The van der Waals surface area contributed by atoms with Gasteiger partial charge in [-0.15, -0.1) is 0 Å². The fraction of sp³-hybridized carbons (Fsp3) is 0.692. The SMILES string of the molecule is CN(C)CCN(C)C(=O)C1CC=CCC1C(=O)O. The number of allylic oxidation sites excluding steroid dienone is 2. The third kappa shape index (κ3) is 3.84. The van der Waals surface area contributed by atoms with Gasteiger partial charge in [-0.1, -0.05) is 12.2 Å². The lowest BCUT2D eigenvalue weighted by atomic mass is 9.82. The van der Waals surface area contributed by atoms with Crippen LogP contribution in [0, 0.1) is 11.8 Å². The van der Waals surface area contributed by atoms with Gasteiger partial charge in [0.1, 0.15) is 0 Å². The third-order valence-electron chi connectivity index (χ3n) is 3.33. The van der Waals surface area contributed by atoms with Crippen molar-refractivity contribution in [2.75, 3.05) is 34.2 Å². The standard InChI is InChI=1S/C13H22N2O3/c1-14(2)8-9-15(3)12(16)10-6-4-5-7-11(10)13(17)18/h4-5,10-11H,6-9H2,1-3H3,(H,17,18). The van der Waals surface area contributed by atoms with Gasteiger partial charge in [-0.3, -0.25) is 9.59 Å². The molecule has 0 radical (unpaired) electrons. The summed E-state index contributed by atoms with van der Waals surface area (Å²) in [7, 11) is 5.63. The van der Waals surface area contributed by atoms with Crippen LogP contribution in [0.2, 0.25) is 0 Å². The van der Waals surface area contributed by atoms with Gasteiger partial charge in [0, 0.05) is 20.1 Å². The predicted molar refractivity (Wildman–Crippen MR) is 69.2 cm³/mol. The van der Waals surface area contributed by atoms with Gasteiger partial charge < -0.3 is 14.9 Å². The number of carboxylic acids is 1. The average Bonchev–Trinajstić information content (AvgIpc) is 2.34. The number of hydrogen-bond acceptors (Lipinski definition) is 3. The van der Waals surface area contributed by atoms with Gasteiger partial charge in [-0.25, -0.2) is 0 Å². The Hall–Kier alpha value is -1.36. The first-order valence-electron chi connectivity index (χ1n) is 6.21. The van der Waals surface area contributed by atoms with Gasteiger partial charge in [0.25, 0.3) is 0 Å². The van der Waals surface area contributed by atoms with Crippen molar-refractivity contribution >= 4 is 11.9 Å². The van der Waals surface area contributed by atoms with Crippen LogP contribution in [0.1, 0.15) is 12.8 Å². The van der Waals surface area contributed by atoms with Gasteiger partial charge in [-0.2, -0.15) is 0 Å². The number of rotatable bonds is 5. The molecule has 0 spiro atoms. The van der Waals surface area contributed by atoms with E-state index in [0.29, 0.717) is 19.4 Å². The Labute approximate surface area is 108 Å². The number of likely N-dealkylation sites (N-methyl/N-ethyl adjacent to an activating group) is 2. The fourth-order valence-corrected chi connectivity index (χ4v) is 2.10. The lowest BCUT2D eigenvalue weighted by Gasteiger charge is -2.29. The molecule has 0 aliphatic heterocycles. The highest BCUT2D eigenvalue weighted by atomic mass is 16.4. The molecule has 1 aliphatic carbocycles. The Morgan fingerprint density at radius 2 is 1.67 bits per heavy atom. The van der Waals surface area contributed by atoms with E-state index in [9.17, 15) is 9.59 Å². The second-order valence-electron chi connectivity index (χ2n) is 5.06. The smallest absolute Gasteiger partial charge is 0.307 e. The molecule has 1 rings (SSSR count). The number of amides is 1. The number of carbonyl (C=O) groups excluding carboxylic acids is 1. The molecule has 0 fully saturated rings. The first kappa shape index (κ1) is 14.7. The van der Waals surface area contributed by atoms with Crippen molar-refractivity contribution < 1.29 is 14.7 Å². The molecule has 5 nitrogen and oxygen atoms in total. The number of hydrogen-bond donors (Lipinski definition) is 1. The molecule has 1 N–H and O–H groups in total. The first-order valence-corrected chi connectivity index (χ1v) is 6.21. The molecule has 0 aromatic carbocycles. The van der Waals surface area contributed by atoms with Crippen molar-refractivity contribution in [1.29, 1.82) is 0 Å². The maximum Gasteiger partial charge on any atom is 0.307 e. The van der Waals surface area contributed by atoms with E-state index in [2.05, 4.69) is 0 Å². The lowest BCUT2D eigenvalue weighted by Crippen LogP contribution is -2.42. The van der Waals surface area contributed by atoms with E-state index >= 15 is 0 Å². The second kappa shape index (κ2) is 6.54. The van der Waals surface area contributed by atoms with Crippen LogP contribution in [0.15, 0.2) is 12.2 Å². The minimum absolute atomic E-state index is 0.0615. The maximum atomic E-state index is 12.2. The molecule has 5 heteroatoms. The summed E-state index contributed by atoms with van der Waals surface area (Å²) < 4.78 is 0. The van der Waals surface area contributed by atoms with Crippen molar-refractivity contribution in [3.8, 4) is 0 Å². The van der Waals surface area contributed by atoms with Crippen LogP contribution in [0.4, 0.5) is 0 Å². The minimum Gasteiger partial charge on any atom is -0.481 e. The number of carboxylic acid groups (broad SMARTS) is 1. The van der Waals surface area contributed by atoms with Crippen molar-refractivity contribution in [1.82, 2.24) is 9.80 Å². The Kier molecular flexibility index (Phi) is 5.34. The van der Waals surface area contributed by atoms with Crippen LogP contribution in [0.3, 0.4) is 0 Å². The molecule has 102 valence electrons. The van der Waals surface area contributed by atoms with Crippen molar-refractivity contribution in [3.63, 3.8) is 0 Å². The zero-order valence-electron chi connectivity index (χ0n) is 11.3. The summed E-state index contributed by atoms with van der Waals surface area (Å²) in [6, 6.07) is 0. The Morgan fingerprint density at radius 3 is 2.17 bits per heavy atom. The van der Waals surface area contributed by atoms with E-state index in [4.69, 9.17) is 5.11 Å². The van der Waals surface area contributed by atoms with Crippen LogP contribution in [-0.4, -0.2) is 61.0 Å². The average molecular weight is 254 g/mol. The van der Waals surface area contributed by atoms with Gasteiger partial charge in [-0.05, 0) is 26.9 Å². The highest BCUT2D eigenvalue weighted by Crippen LogP contribution is 2.27. The molecule has 0 bridgehead atoms. The molecule has 1 aliphatic rings. The van der Waals surface area contributed by atoms with E-state index in [1.54, 1.807) is 11.9 Å². The summed E-state index contributed by atoms with van der Waals surface area (Å²) in [6.45, 7) is 1.40. The fourth-order valence-electron chi connectivity index (χ4n) is 2.10. The highest BCUT2D eigenvalue weighted by molar-refractivity contribution is 5.85. The number of aliphatic carboxylic acids is 1. The molecular formula is C13H22N2O3. The monoisotopic (exact) mass is 254 g/mol. The third-order valence-corrected chi connectivity index (χ3v) is 3.33. The zero-order valence-corrected chi connectivity index (χ0v) is 11.3. The Morgan fingerprint density at radius 1 is 1.11 bits per heavy atom. The zero-order chi connectivity index (χ0) is 13.7. The van der Waals surface area contributed by atoms with E-state index in [0.717, 1.165) is 6.54 Å². The lowest BCUT2D eigenvalue weighted by molar-refractivity contribution is -0.150. The Balaban J connectivity index is 2.63. The molecule has 0 aromatic rings. The van der Waals surface area contributed by atoms with Gasteiger partial charge in [0.15, 0.2) is 0 Å². The normalized spacial score (nSPS) is 23.1. The van der Waals surface area contributed by atoms with Gasteiger partial charge >= 0.3 is 5.97 Å². The highest BCUT2D eigenvalue weighted by Gasteiger charge is 2.35. The summed E-state index contributed by atoms with van der Waals surface area (Å²) in [6.07, 6.45) is 4.74. The molecule has 1 amide bonds. The molecule has 0 saturated carbocycles. The maximum absolute atomic E-state index is 12.2. The van der Waals surface area contributed by atoms with Gasteiger partial charge in [0.2, 0.25) is 5.91 Å². The summed E-state index contributed by atoms with van der Waals surface area (Å²) in [4.78, 5) is 27.0. The van der Waals surface area contributed by atoms with E-state index < -0.39 is 17.8 Å². The van der Waals surface area contributed by atoms with Crippen LogP contribution in [0.5, 0.6) is 0 Å². The van der Waals surface area contributed by atoms with Crippen molar-refractivity contribution in [2.45, 2.75) is 12.8 Å². The predicted octanol–water partition coefficient (Wildman–Crippen LogP) is 0.673. The second-order valence-corrected chi connectivity index (χ2v) is 5.06. The topological polar surface area (TPSA) is 60.9 Å². The molecule has 2 atom stereocenters. The molecule has 0 aromatic heterocycles. The summed E-state index contributed by atoms with van der Waals surface area (Å²) in [5.41, 5.74) is 0. The van der Waals surface area contributed by atoms with Crippen molar-refractivity contribution in [3.05, 3.63) is 12.2 Å². The van der Waals surface area contributed by atoms with E-state index in [-0.39, 0.29) is 5.91 Å². The summed E-state index contributed by atoms with van der Waals surface area (Å²) >= 11 is 0. The quantitative estimate of drug-likeness (QED) is 0.733. The van der Waals surface area contributed by atoms with Crippen molar-refractivity contribution in [2.24, 2.45) is 11.8 Å². The Bertz CT molecular complexity index is 339. The van der Waals surface area contributed by atoms with Crippen LogP contribution >= 0.6 is 0 Å². The van der Waals surface area contributed by atoms with Crippen LogP contribution in [0.25, 0.3) is 0 Å².